The van der Waals surface area contributed by atoms with Crippen molar-refractivity contribution in [2.24, 2.45) is 0 Å². The first-order valence-corrected chi connectivity index (χ1v) is 8.46. The van der Waals surface area contributed by atoms with E-state index in [2.05, 4.69) is 16.7 Å². The monoisotopic (exact) mass is 332 g/mol. The van der Waals surface area contributed by atoms with Gasteiger partial charge in [0.25, 0.3) is 0 Å². The van der Waals surface area contributed by atoms with E-state index in [-0.39, 0.29) is 0 Å². The van der Waals surface area contributed by atoms with Crippen molar-refractivity contribution in [3.63, 3.8) is 0 Å². The molecule has 0 radical (unpaired) electrons. The van der Waals surface area contributed by atoms with E-state index in [4.69, 9.17) is 21.3 Å². The molecule has 0 saturated heterocycles. The second-order valence-corrected chi connectivity index (χ2v) is 6.26. The van der Waals surface area contributed by atoms with Gasteiger partial charge in [0, 0.05) is 24.4 Å². The van der Waals surface area contributed by atoms with E-state index in [1.165, 1.54) is 0 Å². The highest BCUT2D eigenvalue weighted by atomic mass is 35.5. The molecule has 0 N–H and O–H groups in total. The molecule has 3 aromatic rings. The van der Waals surface area contributed by atoms with Gasteiger partial charge in [-0.1, -0.05) is 53.7 Å². The van der Waals surface area contributed by atoms with Gasteiger partial charge in [0.05, 0.1) is 17.6 Å². The SMILES string of the molecule is COCCn1c(SCc2ccccc2Cl)nc2ccccc21. The molecule has 0 unspecified atom stereocenters. The van der Waals surface area contributed by atoms with Gasteiger partial charge in [-0.05, 0) is 23.8 Å². The molecule has 22 heavy (non-hydrogen) atoms. The van der Waals surface area contributed by atoms with Crippen molar-refractivity contribution in [3.8, 4) is 0 Å². The smallest absolute Gasteiger partial charge is 0.169 e. The largest absolute Gasteiger partial charge is 0.383 e. The number of hydrogen-bond donors (Lipinski definition) is 0. The summed E-state index contributed by atoms with van der Waals surface area (Å²) in [7, 11) is 1.72. The molecule has 5 heteroatoms. The fraction of sp³-hybridized carbons (Fsp3) is 0.235. The van der Waals surface area contributed by atoms with Gasteiger partial charge in [-0.15, -0.1) is 0 Å². The lowest BCUT2D eigenvalue weighted by atomic mass is 10.2. The zero-order valence-electron chi connectivity index (χ0n) is 12.3. The average molecular weight is 333 g/mol. The van der Waals surface area contributed by atoms with E-state index in [0.29, 0.717) is 6.61 Å². The third kappa shape index (κ3) is 3.29. The number of benzene rings is 2. The first kappa shape index (κ1) is 15.4. The van der Waals surface area contributed by atoms with Crippen LogP contribution >= 0.6 is 23.4 Å². The van der Waals surface area contributed by atoms with E-state index < -0.39 is 0 Å². The number of thioether (sulfide) groups is 1. The standard InChI is InChI=1S/C17H17ClN2OS/c1-21-11-10-20-16-9-5-4-8-15(16)19-17(20)22-12-13-6-2-3-7-14(13)18/h2-9H,10-12H2,1H3. The maximum Gasteiger partial charge on any atom is 0.169 e. The molecule has 0 bridgehead atoms. The van der Waals surface area contributed by atoms with Crippen molar-refractivity contribution in [2.75, 3.05) is 13.7 Å². The number of ether oxygens (including phenoxy) is 1. The molecule has 2 aromatic carbocycles. The van der Waals surface area contributed by atoms with Crippen LogP contribution in [0.5, 0.6) is 0 Å². The van der Waals surface area contributed by atoms with Crippen LogP contribution in [0.4, 0.5) is 0 Å². The van der Waals surface area contributed by atoms with Crippen molar-refractivity contribution in [3.05, 3.63) is 59.1 Å². The Bertz CT molecular complexity index is 772. The molecule has 1 heterocycles. The normalized spacial score (nSPS) is 11.2. The minimum Gasteiger partial charge on any atom is -0.383 e. The van der Waals surface area contributed by atoms with Crippen LogP contribution in [0.2, 0.25) is 5.02 Å². The summed E-state index contributed by atoms with van der Waals surface area (Å²) in [5.41, 5.74) is 3.28. The number of hydrogen-bond acceptors (Lipinski definition) is 3. The van der Waals surface area contributed by atoms with Crippen molar-refractivity contribution in [1.29, 1.82) is 0 Å². The topological polar surface area (TPSA) is 27.1 Å². The van der Waals surface area contributed by atoms with Crippen LogP contribution in [0.3, 0.4) is 0 Å². The summed E-state index contributed by atoms with van der Waals surface area (Å²) in [5, 5.41) is 1.80. The lowest BCUT2D eigenvalue weighted by Gasteiger charge is -2.08. The van der Waals surface area contributed by atoms with Crippen LogP contribution < -0.4 is 0 Å². The van der Waals surface area contributed by atoms with Gasteiger partial charge in [0.2, 0.25) is 0 Å². The van der Waals surface area contributed by atoms with Crippen molar-refractivity contribution in [2.45, 2.75) is 17.5 Å². The third-order valence-electron chi connectivity index (χ3n) is 3.45. The predicted molar refractivity (Wildman–Crippen MR) is 92.6 cm³/mol. The summed E-state index contributed by atoms with van der Waals surface area (Å²) in [4.78, 5) is 4.74. The highest BCUT2D eigenvalue weighted by Gasteiger charge is 2.11. The Labute approximate surface area is 139 Å². The Morgan fingerprint density at radius 2 is 1.91 bits per heavy atom. The van der Waals surface area contributed by atoms with Gasteiger partial charge in [0.1, 0.15) is 0 Å². The molecule has 3 rings (SSSR count). The number of methoxy groups -OCH3 is 1. The zero-order chi connectivity index (χ0) is 15.4. The number of fused-ring (bicyclic) bond motifs is 1. The molecule has 0 amide bonds. The summed E-state index contributed by atoms with van der Waals surface area (Å²) in [6, 6.07) is 16.1. The Kier molecular flexibility index (Phi) is 5.03. The molecule has 3 nitrogen and oxygen atoms in total. The maximum atomic E-state index is 6.23. The molecule has 0 aliphatic carbocycles. The summed E-state index contributed by atoms with van der Waals surface area (Å²) >= 11 is 7.93. The van der Waals surface area contributed by atoms with Gasteiger partial charge >= 0.3 is 0 Å². The van der Waals surface area contributed by atoms with Gasteiger partial charge in [0.15, 0.2) is 5.16 Å². The minimum absolute atomic E-state index is 0.667. The van der Waals surface area contributed by atoms with Crippen LogP contribution in [-0.2, 0) is 17.0 Å². The maximum absolute atomic E-state index is 6.23. The Balaban J connectivity index is 1.87. The number of rotatable bonds is 6. The van der Waals surface area contributed by atoms with E-state index in [9.17, 15) is 0 Å². The lowest BCUT2D eigenvalue weighted by molar-refractivity contribution is 0.186. The third-order valence-corrected chi connectivity index (χ3v) is 4.85. The molecule has 0 spiro atoms. The van der Waals surface area contributed by atoms with E-state index in [0.717, 1.165) is 39.1 Å². The zero-order valence-corrected chi connectivity index (χ0v) is 13.9. The van der Waals surface area contributed by atoms with E-state index >= 15 is 0 Å². The van der Waals surface area contributed by atoms with Crippen molar-refractivity contribution < 1.29 is 4.74 Å². The van der Waals surface area contributed by atoms with Crippen LogP contribution in [0.1, 0.15) is 5.56 Å². The second kappa shape index (κ2) is 7.18. The molecular weight excluding hydrogens is 316 g/mol. The molecule has 114 valence electrons. The quantitative estimate of drug-likeness (QED) is 0.616. The highest BCUT2D eigenvalue weighted by Crippen LogP contribution is 2.29. The van der Waals surface area contributed by atoms with Crippen molar-refractivity contribution in [1.82, 2.24) is 9.55 Å². The molecule has 0 aliphatic rings. The number of imidazole rings is 1. The first-order chi connectivity index (χ1) is 10.8. The Morgan fingerprint density at radius 1 is 1.14 bits per heavy atom. The molecule has 0 saturated carbocycles. The summed E-state index contributed by atoms with van der Waals surface area (Å²) in [6.45, 7) is 1.46. The number of para-hydroxylation sites is 2. The molecule has 0 atom stereocenters. The Hall–Kier alpha value is -1.49. The van der Waals surface area contributed by atoms with Crippen LogP contribution in [0, 0.1) is 0 Å². The van der Waals surface area contributed by atoms with E-state index in [1.54, 1.807) is 18.9 Å². The van der Waals surface area contributed by atoms with Gasteiger partial charge in [-0.3, -0.25) is 0 Å². The lowest BCUT2D eigenvalue weighted by Crippen LogP contribution is -2.05. The van der Waals surface area contributed by atoms with Gasteiger partial charge in [-0.25, -0.2) is 4.98 Å². The highest BCUT2D eigenvalue weighted by molar-refractivity contribution is 7.98. The van der Waals surface area contributed by atoms with Crippen LogP contribution in [0.15, 0.2) is 53.7 Å². The number of aromatic nitrogens is 2. The Morgan fingerprint density at radius 3 is 2.73 bits per heavy atom. The number of nitrogens with zero attached hydrogens (tertiary/aromatic N) is 2. The van der Waals surface area contributed by atoms with Crippen molar-refractivity contribution >= 4 is 34.4 Å². The molecule has 0 fully saturated rings. The van der Waals surface area contributed by atoms with E-state index in [1.807, 2.05) is 36.4 Å². The van der Waals surface area contributed by atoms with Crippen LogP contribution in [0.25, 0.3) is 11.0 Å². The fourth-order valence-electron chi connectivity index (χ4n) is 2.32. The first-order valence-electron chi connectivity index (χ1n) is 7.10. The van der Waals surface area contributed by atoms with Crippen LogP contribution in [-0.4, -0.2) is 23.3 Å². The number of halogens is 1. The second-order valence-electron chi connectivity index (χ2n) is 4.91. The minimum atomic E-state index is 0.667. The summed E-state index contributed by atoms with van der Waals surface area (Å²) in [5.74, 6) is 0.802. The summed E-state index contributed by atoms with van der Waals surface area (Å²) in [6.07, 6.45) is 0. The fourth-order valence-corrected chi connectivity index (χ4v) is 3.65. The predicted octanol–water partition coefficient (Wildman–Crippen LogP) is 4.63. The average Bonchev–Trinajstić information content (AvgIpc) is 2.90. The van der Waals surface area contributed by atoms with Gasteiger partial charge < -0.3 is 9.30 Å². The van der Waals surface area contributed by atoms with Gasteiger partial charge in [-0.2, -0.15) is 0 Å². The molecule has 1 aromatic heterocycles. The molecule has 0 aliphatic heterocycles. The molecular formula is C17H17ClN2OS. The summed E-state index contributed by atoms with van der Waals surface area (Å²) < 4.78 is 7.43.